The fourth-order valence-electron chi connectivity index (χ4n) is 3.01. The third-order valence-electron chi connectivity index (χ3n) is 4.38. The second kappa shape index (κ2) is 8.23. The van der Waals surface area contributed by atoms with Crippen LogP contribution in [0.25, 0.3) is 11.1 Å². The molecule has 0 N–H and O–H groups in total. The van der Waals surface area contributed by atoms with Gasteiger partial charge in [0.15, 0.2) is 0 Å². The average molecular weight is 365 g/mol. The van der Waals surface area contributed by atoms with Crippen LogP contribution in [0.15, 0.2) is 115 Å². The van der Waals surface area contributed by atoms with Gasteiger partial charge in [-0.15, -0.1) is 0 Å². The average Bonchev–Trinajstić information content (AvgIpc) is 2.77. The fourth-order valence-corrected chi connectivity index (χ4v) is 3.01. The lowest BCUT2D eigenvalue weighted by molar-refractivity contribution is 0.210. The number of nitrogens with zero attached hydrogens (tertiary/aromatic N) is 1. The molecule has 0 heterocycles. The van der Waals surface area contributed by atoms with Gasteiger partial charge in [0.1, 0.15) is 5.75 Å². The Morgan fingerprint density at radius 1 is 0.536 bits per heavy atom. The largest absolute Gasteiger partial charge is 0.424 e. The Balaban J connectivity index is 1.58. The zero-order chi connectivity index (χ0) is 19.2. The molecule has 0 saturated heterocycles. The molecule has 0 radical (unpaired) electrons. The van der Waals surface area contributed by atoms with Crippen LogP contribution in [0.2, 0.25) is 0 Å². The standard InChI is InChI=1S/C25H19NO2/c27-25(26(22-12-6-2-7-13-22)23-14-8-3-9-15-23)28-24-18-16-21(17-19-24)20-10-4-1-5-11-20/h1-19H. The van der Waals surface area contributed by atoms with Gasteiger partial charge in [0.2, 0.25) is 0 Å². The number of ether oxygens (including phenoxy) is 1. The summed E-state index contributed by atoms with van der Waals surface area (Å²) in [6.07, 6.45) is -0.454. The Hall–Kier alpha value is -3.85. The van der Waals surface area contributed by atoms with Crippen LogP contribution in [-0.4, -0.2) is 6.09 Å². The minimum Gasteiger partial charge on any atom is -0.410 e. The molecular formula is C25H19NO2. The van der Waals surface area contributed by atoms with Crippen LogP contribution < -0.4 is 9.64 Å². The first-order valence-electron chi connectivity index (χ1n) is 9.09. The van der Waals surface area contributed by atoms with Gasteiger partial charge in [-0.2, -0.15) is 0 Å². The summed E-state index contributed by atoms with van der Waals surface area (Å²) in [5.74, 6) is 0.501. The molecule has 4 aromatic rings. The van der Waals surface area contributed by atoms with Gasteiger partial charge in [0.25, 0.3) is 0 Å². The summed E-state index contributed by atoms with van der Waals surface area (Å²) in [5.41, 5.74) is 3.69. The normalized spacial score (nSPS) is 10.3. The van der Waals surface area contributed by atoms with Gasteiger partial charge < -0.3 is 4.74 Å². The Morgan fingerprint density at radius 2 is 0.964 bits per heavy atom. The van der Waals surface area contributed by atoms with E-state index in [9.17, 15) is 4.79 Å². The third-order valence-corrected chi connectivity index (χ3v) is 4.38. The summed E-state index contributed by atoms with van der Waals surface area (Å²) < 4.78 is 5.66. The highest BCUT2D eigenvalue weighted by atomic mass is 16.6. The molecule has 1 amide bonds. The maximum atomic E-state index is 13.0. The molecule has 28 heavy (non-hydrogen) atoms. The molecule has 0 fully saturated rings. The van der Waals surface area contributed by atoms with Crippen LogP contribution in [0.5, 0.6) is 5.75 Å². The summed E-state index contributed by atoms with van der Waals surface area (Å²) >= 11 is 0. The number of carbonyl (C=O) groups is 1. The lowest BCUT2D eigenvalue weighted by Crippen LogP contribution is -2.29. The topological polar surface area (TPSA) is 29.5 Å². The first kappa shape index (κ1) is 17.6. The first-order valence-corrected chi connectivity index (χ1v) is 9.09. The molecule has 0 spiro atoms. The molecule has 0 bridgehead atoms. The fraction of sp³-hybridized carbons (Fsp3) is 0. The highest BCUT2D eigenvalue weighted by Gasteiger charge is 2.20. The molecule has 4 rings (SSSR count). The van der Waals surface area contributed by atoms with Gasteiger partial charge in [-0.1, -0.05) is 78.9 Å². The molecule has 0 saturated carbocycles. The molecule has 0 aliphatic carbocycles. The smallest absolute Gasteiger partial charge is 0.410 e. The SMILES string of the molecule is O=C(Oc1ccc(-c2ccccc2)cc1)N(c1ccccc1)c1ccccc1. The van der Waals surface area contributed by atoms with Crippen molar-refractivity contribution in [1.82, 2.24) is 0 Å². The molecule has 0 aromatic heterocycles. The third kappa shape index (κ3) is 3.94. The van der Waals surface area contributed by atoms with Crippen LogP contribution in [0, 0.1) is 0 Å². The molecule has 3 heteroatoms. The van der Waals surface area contributed by atoms with Crippen LogP contribution in [0.1, 0.15) is 0 Å². The van der Waals surface area contributed by atoms with Crippen molar-refractivity contribution in [2.75, 3.05) is 4.90 Å². The van der Waals surface area contributed by atoms with Crippen molar-refractivity contribution in [3.63, 3.8) is 0 Å². The van der Waals surface area contributed by atoms with E-state index >= 15 is 0 Å². The number of hydrogen-bond acceptors (Lipinski definition) is 2. The van der Waals surface area contributed by atoms with Gasteiger partial charge in [-0.05, 0) is 47.5 Å². The lowest BCUT2D eigenvalue weighted by atomic mass is 10.1. The van der Waals surface area contributed by atoms with Crippen LogP contribution in [0.3, 0.4) is 0 Å². The van der Waals surface area contributed by atoms with Gasteiger partial charge in [0.05, 0.1) is 11.4 Å². The van der Waals surface area contributed by atoms with E-state index in [-0.39, 0.29) is 0 Å². The number of carbonyl (C=O) groups excluding carboxylic acids is 1. The molecule has 3 nitrogen and oxygen atoms in total. The number of rotatable bonds is 4. The second-order valence-electron chi connectivity index (χ2n) is 6.26. The summed E-state index contributed by atoms with van der Waals surface area (Å²) in [7, 11) is 0. The van der Waals surface area contributed by atoms with E-state index in [1.807, 2.05) is 115 Å². The van der Waals surface area contributed by atoms with Crippen molar-refractivity contribution in [2.24, 2.45) is 0 Å². The molecule has 0 aliphatic heterocycles. The van der Waals surface area contributed by atoms with Crippen LogP contribution in [-0.2, 0) is 0 Å². The zero-order valence-corrected chi connectivity index (χ0v) is 15.2. The van der Waals surface area contributed by atoms with Crippen LogP contribution in [0.4, 0.5) is 16.2 Å². The summed E-state index contributed by atoms with van der Waals surface area (Å²) in [5, 5.41) is 0. The highest BCUT2D eigenvalue weighted by molar-refractivity contribution is 5.97. The molecule has 0 atom stereocenters. The Labute approximate surface area is 164 Å². The number of amides is 1. The zero-order valence-electron chi connectivity index (χ0n) is 15.2. The number of hydrogen-bond donors (Lipinski definition) is 0. The first-order chi connectivity index (χ1) is 13.8. The van der Waals surface area contributed by atoms with Crippen molar-refractivity contribution in [3.05, 3.63) is 115 Å². The van der Waals surface area contributed by atoms with E-state index in [0.717, 1.165) is 22.5 Å². The maximum absolute atomic E-state index is 13.0. The van der Waals surface area contributed by atoms with Crippen molar-refractivity contribution < 1.29 is 9.53 Å². The van der Waals surface area contributed by atoms with Gasteiger partial charge in [0, 0.05) is 0 Å². The molecule has 136 valence electrons. The number of para-hydroxylation sites is 2. The lowest BCUT2D eigenvalue weighted by Gasteiger charge is -2.22. The Bertz CT molecular complexity index is 991. The maximum Gasteiger partial charge on any atom is 0.424 e. The van der Waals surface area contributed by atoms with E-state index in [4.69, 9.17) is 4.74 Å². The summed E-state index contributed by atoms with van der Waals surface area (Å²) in [6, 6.07) is 36.6. The van der Waals surface area contributed by atoms with Gasteiger partial charge in [-0.3, -0.25) is 0 Å². The Kier molecular flexibility index (Phi) is 5.16. The monoisotopic (exact) mass is 365 g/mol. The summed E-state index contributed by atoms with van der Waals surface area (Å²) in [6.45, 7) is 0. The predicted molar refractivity (Wildman–Crippen MR) is 113 cm³/mol. The minimum atomic E-state index is -0.454. The van der Waals surface area contributed by atoms with E-state index in [2.05, 4.69) is 0 Å². The van der Waals surface area contributed by atoms with Crippen molar-refractivity contribution in [2.45, 2.75) is 0 Å². The summed E-state index contributed by atoms with van der Waals surface area (Å²) in [4.78, 5) is 14.5. The number of anilines is 2. The second-order valence-corrected chi connectivity index (χ2v) is 6.26. The molecule has 4 aromatic carbocycles. The van der Waals surface area contributed by atoms with Crippen molar-refractivity contribution >= 4 is 17.5 Å². The molecule has 0 unspecified atom stereocenters. The Morgan fingerprint density at radius 3 is 1.46 bits per heavy atom. The number of benzene rings is 4. The predicted octanol–water partition coefficient (Wildman–Crippen LogP) is 6.69. The van der Waals surface area contributed by atoms with Gasteiger partial charge in [-0.25, -0.2) is 9.69 Å². The quantitative estimate of drug-likeness (QED) is 0.403. The highest BCUT2D eigenvalue weighted by Crippen LogP contribution is 2.27. The molecule has 0 aliphatic rings. The van der Waals surface area contributed by atoms with Gasteiger partial charge >= 0.3 is 6.09 Å². The van der Waals surface area contributed by atoms with E-state index in [0.29, 0.717) is 5.75 Å². The minimum absolute atomic E-state index is 0.454. The van der Waals surface area contributed by atoms with Crippen molar-refractivity contribution in [1.29, 1.82) is 0 Å². The van der Waals surface area contributed by atoms with Crippen LogP contribution >= 0.6 is 0 Å². The van der Waals surface area contributed by atoms with Crippen molar-refractivity contribution in [3.8, 4) is 16.9 Å². The van der Waals surface area contributed by atoms with E-state index in [1.54, 1.807) is 4.90 Å². The van der Waals surface area contributed by atoms with E-state index in [1.165, 1.54) is 0 Å². The van der Waals surface area contributed by atoms with E-state index < -0.39 is 6.09 Å². The molecular weight excluding hydrogens is 346 g/mol.